The Morgan fingerprint density at radius 3 is 2.45 bits per heavy atom. The molecule has 4 nitrogen and oxygen atoms in total. The molecule has 110 valence electrons. The number of aliphatic hydroxyl groups is 1. The minimum atomic E-state index is -0.813. The third-order valence-electron chi connectivity index (χ3n) is 3.91. The van der Waals surface area contributed by atoms with Crippen molar-refractivity contribution in [1.82, 2.24) is 4.90 Å². The van der Waals surface area contributed by atoms with Crippen LogP contribution in [0.25, 0.3) is 0 Å². The van der Waals surface area contributed by atoms with Gasteiger partial charge in [-0.25, -0.2) is 0 Å². The first-order valence-electron chi connectivity index (χ1n) is 7.18. The number of ether oxygens (including phenoxy) is 1. The Kier molecular flexibility index (Phi) is 4.78. The largest absolute Gasteiger partial charge is 0.388 e. The highest BCUT2D eigenvalue weighted by atomic mass is 16.5. The second kappa shape index (κ2) is 6.37. The van der Waals surface area contributed by atoms with Gasteiger partial charge >= 0.3 is 0 Å². The predicted octanol–water partition coefficient (Wildman–Crippen LogP) is 1.86. The average molecular weight is 277 g/mol. The number of likely N-dealkylation sites (N-methyl/N-ethyl adjacent to an activating group) is 1. The quantitative estimate of drug-likeness (QED) is 0.914. The van der Waals surface area contributed by atoms with E-state index in [-0.39, 0.29) is 5.91 Å². The molecular formula is C16H23NO3. The van der Waals surface area contributed by atoms with Crippen LogP contribution in [0, 0.1) is 0 Å². The molecule has 0 radical (unpaired) electrons. The van der Waals surface area contributed by atoms with Crippen LogP contribution in [-0.4, -0.2) is 48.3 Å². The van der Waals surface area contributed by atoms with Gasteiger partial charge in [-0.2, -0.15) is 0 Å². The fourth-order valence-electron chi connectivity index (χ4n) is 2.53. The molecular weight excluding hydrogens is 254 g/mol. The van der Waals surface area contributed by atoms with Gasteiger partial charge in [-0.05, 0) is 24.1 Å². The Hall–Kier alpha value is -1.39. The topological polar surface area (TPSA) is 49.8 Å². The molecule has 0 aromatic heterocycles. The number of carbonyl (C=O) groups excluding carboxylic acids is 1. The zero-order valence-corrected chi connectivity index (χ0v) is 12.3. The van der Waals surface area contributed by atoms with Gasteiger partial charge in [-0.3, -0.25) is 4.79 Å². The molecule has 0 bridgehead atoms. The number of aryl methyl sites for hydroxylation is 1. The summed E-state index contributed by atoms with van der Waals surface area (Å²) in [6.45, 7) is 3.56. The Balaban J connectivity index is 2.00. The van der Waals surface area contributed by atoms with Gasteiger partial charge in [0.1, 0.15) is 0 Å². The molecule has 4 heteroatoms. The number of rotatable bonds is 4. The predicted molar refractivity (Wildman–Crippen MR) is 77.8 cm³/mol. The zero-order chi connectivity index (χ0) is 14.6. The van der Waals surface area contributed by atoms with Crippen molar-refractivity contribution >= 4 is 5.91 Å². The van der Waals surface area contributed by atoms with Gasteiger partial charge in [-0.15, -0.1) is 0 Å². The summed E-state index contributed by atoms with van der Waals surface area (Å²) in [4.78, 5) is 13.9. The minimum Gasteiger partial charge on any atom is -0.388 e. The van der Waals surface area contributed by atoms with E-state index in [9.17, 15) is 9.90 Å². The van der Waals surface area contributed by atoms with Crippen molar-refractivity contribution in [2.24, 2.45) is 0 Å². The van der Waals surface area contributed by atoms with Gasteiger partial charge in [0.05, 0.1) is 5.60 Å². The van der Waals surface area contributed by atoms with E-state index in [2.05, 4.69) is 6.92 Å². The lowest BCUT2D eigenvalue weighted by molar-refractivity contribution is -0.0734. The summed E-state index contributed by atoms with van der Waals surface area (Å²) in [5.41, 5.74) is 1.07. The molecule has 1 fully saturated rings. The molecule has 1 aliphatic rings. The molecule has 1 heterocycles. The van der Waals surface area contributed by atoms with Crippen LogP contribution in [0.1, 0.15) is 35.7 Å². The number of amides is 1. The van der Waals surface area contributed by atoms with Crippen molar-refractivity contribution in [3.05, 3.63) is 35.4 Å². The Morgan fingerprint density at radius 1 is 1.30 bits per heavy atom. The van der Waals surface area contributed by atoms with Crippen LogP contribution in [0.15, 0.2) is 24.3 Å². The standard InChI is InChI=1S/C16H23NO3/c1-3-13-4-6-14(7-5-13)15(18)17(2)12-16(19)8-10-20-11-9-16/h4-7,19H,3,8-12H2,1-2H3. The van der Waals surface area contributed by atoms with Gasteiger partial charge in [0.25, 0.3) is 5.91 Å². The Labute approximate surface area is 120 Å². The van der Waals surface area contributed by atoms with Crippen molar-refractivity contribution in [3.63, 3.8) is 0 Å². The van der Waals surface area contributed by atoms with E-state index in [0.717, 1.165) is 6.42 Å². The summed E-state index contributed by atoms with van der Waals surface area (Å²) in [5, 5.41) is 10.4. The fourth-order valence-corrected chi connectivity index (χ4v) is 2.53. The normalized spacial score (nSPS) is 17.8. The third-order valence-corrected chi connectivity index (χ3v) is 3.91. The van der Waals surface area contributed by atoms with E-state index in [4.69, 9.17) is 4.74 Å². The summed E-state index contributed by atoms with van der Waals surface area (Å²) in [6.07, 6.45) is 2.13. The lowest BCUT2D eigenvalue weighted by Gasteiger charge is -2.35. The molecule has 0 aliphatic carbocycles. The highest BCUT2D eigenvalue weighted by Crippen LogP contribution is 2.22. The number of carbonyl (C=O) groups is 1. The van der Waals surface area contributed by atoms with E-state index in [1.54, 1.807) is 11.9 Å². The summed E-state index contributed by atoms with van der Waals surface area (Å²) in [5.74, 6) is -0.0485. The number of hydrogen-bond acceptors (Lipinski definition) is 3. The van der Waals surface area contributed by atoms with Gasteiger partial charge < -0.3 is 14.7 Å². The van der Waals surface area contributed by atoms with Crippen molar-refractivity contribution in [1.29, 1.82) is 0 Å². The first kappa shape index (κ1) is 15.0. The number of benzene rings is 1. The van der Waals surface area contributed by atoms with E-state index in [1.807, 2.05) is 24.3 Å². The Morgan fingerprint density at radius 2 is 1.90 bits per heavy atom. The maximum absolute atomic E-state index is 12.3. The average Bonchev–Trinajstić information content (AvgIpc) is 2.47. The molecule has 1 aromatic carbocycles. The van der Waals surface area contributed by atoms with Crippen LogP contribution in [0.5, 0.6) is 0 Å². The van der Waals surface area contributed by atoms with E-state index in [1.165, 1.54) is 5.56 Å². The lowest BCUT2D eigenvalue weighted by Crippen LogP contribution is -2.47. The van der Waals surface area contributed by atoms with Crippen LogP contribution in [0.2, 0.25) is 0 Å². The molecule has 20 heavy (non-hydrogen) atoms. The van der Waals surface area contributed by atoms with E-state index in [0.29, 0.717) is 38.2 Å². The summed E-state index contributed by atoms with van der Waals surface area (Å²) in [6, 6.07) is 7.66. The van der Waals surface area contributed by atoms with Crippen LogP contribution in [-0.2, 0) is 11.2 Å². The molecule has 2 rings (SSSR count). The molecule has 1 N–H and O–H groups in total. The van der Waals surface area contributed by atoms with Crippen molar-refractivity contribution < 1.29 is 14.6 Å². The second-order valence-corrected chi connectivity index (χ2v) is 5.55. The minimum absolute atomic E-state index is 0.0485. The lowest BCUT2D eigenvalue weighted by atomic mass is 9.93. The monoisotopic (exact) mass is 277 g/mol. The molecule has 0 saturated carbocycles. The van der Waals surface area contributed by atoms with Gasteiger partial charge in [-0.1, -0.05) is 19.1 Å². The maximum Gasteiger partial charge on any atom is 0.253 e. The molecule has 0 spiro atoms. The van der Waals surface area contributed by atoms with Crippen molar-refractivity contribution in [2.75, 3.05) is 26.8 Å². The molecule has 1 saturated heterocycles. The van der Waals surface area contributed by atoms with Crippen LogP contribution in [0.4, 0.5) is 0 Å². The highest BCUT2D eigenvalue weighted by molar-refractivity contribution is 5.94. The van der Waals surface area contributed by atoms with Gasteiger partial charge in [0.2, 0.25) is 0 Å². The number of hydrogen-bond donors (Lipinski definition) is 1. The second-order valence-electron chi connectivity index (χ2n) is 5.55. The highest BCUT2D eigenvalue weighted by Gasteiger charge is 2.32. The summed E-state index contributed by atoms with van der Waals surface area (Å²) >= 11 is 0. The molecule has 1 aromatic rings. The molecule has 0 unspecified atom stereocenters. The third kappa shape index (κ3) is 3.58. The first-order valence-corrected chi connectivity index (χ1v) is 7.18. The van der Waals surface area contributed by atoms with Crippen molar-refractivity contribution in [3.8, 4) is 0 Å². The first-order chi connectivity index (χ1) is 9.54. The molecule has 0 atom stereocenters. The van der Waals surface area contributed by atoms with Gasteiger partial charge in [0, 0.05) is 45.2 Å². The van der Waals surface area contributed by atoms with Crippen molar-refractivity contribution in [2.45, 2.75) is 31.8 Å². The van der Waals surface area contributed by atoms with Gasteiger partial charge in [0.15, 0.2) is 0 Å². The molecule has 1 aliphatic heterocycles. The smallest absolute Gasteiger partial charge is 0.253 e. The number of nitrogens with zero attached hydrogens (tertiary/aromatic N) is 1. The van der Waals surface area contributed by atoms with Crippen LogP contribution < -0.4 is 0 Å². The molecule has 1 amide bonds. The van der Waals surface area contributed by atoms with E-state index >= 15 is 0 Å². The SMILES string of the molecule is CCc1ccc(C(=O)N(C)CC2(O)CCOCC2)cc1. The van der Waals surface area contributed by atoms with Crippen LogP contribution >= 0.6 is 0 Å². The fraction of sp³-hybridized carbons (Fsp3) is 0.562. The maximum atomic E-state index is 12.3. The zero-order valence-electron chi connectivity index (χ0n) is 12.3. The van der Waals surface area contributed by atoms with Crippen LogP contribution in [0.3, 0.4) is 0 Å². The van der Waals surface area contributed by atoms with E-state index < -0.39 is 5.60 Å². The Bertz CT molecular complexity index is 449. The summed E-state index contributed by atoms with van der Waals surface area (Å²) < 4.78 is 5.25. The summed E-state index contributed by atoms with van der Waals surface area (Å²) in [7, 11) is 1.74.